The SMILES string of the molecule is C1=CN(Cc2ccccc2)C[C@H](c2ccccc2)[NH2+]1. The van der Waals surface area contributed by atoms with Crippen LogP contribution in [0.3, 0.4) is 0 Å². The molecule has 96 valence electrons. The van der Waals surface area contributed by atoms with Gasteiger partial charge in [0.1, 0.15) is 12.2 Å². The van der Waals surface area contributed by atoms with Crippen LogP contribution >= 0.6 is 0 Å². The number of nitrogens with two attached hydrogens (primary N) is 1. The smallest absolute Gasteiger partial charge is 0.133 e. The minimum absolute atomic E-state index is 0.495. The number of nitrogens with zero attached hydrogens (tertiary/aromatic N) is 1. The van der Waals surface area contributed by atoms with Gasteiger partial charge in [-0.15, -0.1) is 0 Å². The van der Waals surface area contributed by atoms with Gasteiger partial charge in [0, 0.05) is 12.1 Å². The highest BCUT2D eigenvalue weighted by atomic mass is 15.2. The van der Waals surface area contributed by atoms with Crippen LogP contribution in [0, 0.1) is 0 Å². The van der Waals surface area contributed by atoms with Crippen LogP contribution in [0.1, 0.15) is 17.2 Å². The predicted molar refractivity (Wildman–Crippen MR) is 77.1 cm³/mol. The number of benzene rings is 2. The maximum atomic E-state index is 2.38. The molecule has 2 nitrogen and oxygen atoms in total. The molecule has 0 fully saturated rings. The molecule has 0 spiro atoms. The Balaban J connectivity index is 1.69. The van der Waals surface area contributed by atoms with Crippen LogP contribution < -0.4 is 5.32 Å². The number of hydrogen-bond acceptors (Lipinski definition) is 1. The highest BCUT2D eigenvalue weighted by Gasteiger charge is 2.19. The monoisotopic (exact) mass is 251 g/mol. The molecule has 0 saturated carbocycles. The molecule has 2 aromatic carbocycles. The van der Waals surface area contributed by atoms with Gasteiger partial charge in [0.25, 0.3) is 0 Å². The number of hydrogen-bond donors (Lipinski definition) is 1. The first-order valence-corrected chi connectivity index (χ1v) is 6.76. The van der Waals surface area contributed by atoms with Gasteiger partial charge in [-0.05, 0) is 5.56 Å². The van der Waals surface area contributed by atoms with E-state index in [4.69, 9.17) is 0 Å². The van der Waals surface area contributed by atoms with Gasteiger partial charge < -0.3 is 10.2 Å². The minimum Gasteiger partial charge on any atom is -0.362 e. The Hall–Kier alpha value is -2.06. The van der Waals surface area contributed by atoms with Gasteiger partial charge in [-0.2, -0.15) is 0 Å². The Labute approximate surface area is 114 Å². The first-order chi connectivity index (χ1) is 9.42. The van der Waals surface area contributed by atoms with E-state index in [2.05, 4.69) is 83.3 Å². The highest BCUT2D eigenvalue weighted by Crippen LogP contribution is 2.14. The first-order valence-electron chi connectivity index (χ1n) is 6.76. The van der Waals surface area contributed by atoms with Crippen molar-refractivity contribution in [2.45, 2.75) is 12.6 Å². The van der Waals surface area contributed by atoms with E-state index in [-0.39, 0.29) is 0 Å². The van der Waals surface area contributed by atoms with Gasteiger partial charge in [-0.25, -0.2) is 0 Å². The second-order valence-electron chi connectivity index (χ2n) is 4.97. The third-order valence-corrected chi connectivity index (χ3v) is 3.53. The van der Waals surface area contributed by atoms with Crippen molar-refractivity contribution < 1.29 is 5.32 Å². The molecule has 2 N–H and O–H groups in total. The molecule has 0 bridgehead atoms. The molecule has 2 aromatic rings. The van der Waals surface area contributed by atoms with Crippen molar-refractivity contribution in [3.05, 3.63) is 84.2 Å². The van der Waals surface area contributed by atoms with Crippen molar-refractivity contribution in [2.24, 2.45) is 0 Å². The molecule has 1 aliphatic heterocycles. The fourth-order valence-corrected chi connectivity index (χ4v) is 2.53. The Morgan fingerprint density at radius 2 is 1.63 bits per heavy atom. The van der Waals surface area contributed by atoms with Gasteiger partial charge in [0.2, 0.25) is 0 Å². The molecule has 3 rings (SSSR count). The Kier molecular flexibility index (Phi) is 3.61. The summed E-state index contributed by atoms with van der Waals surface area (Å²) in [6.45, 7) is 2.03. The standard InChI is InChI=1S/C17H18N2/c1-3-7-15(8-4-1)13-19-12-11-18-17(14-19)16-9-5-2-6-10-16/h1-12,17-18H,13-14H2/p+1/t17-/m1/s1. The zero-order valence-electron chi connectivity index (χ0n) is 10.9. The van der Waals surface area contributed by atoms with Crippen LogP contribution in [0.2, 0.25) is 0 Å². The molecule has 1 atom stereocenters. The lowest BCUT2D eigenvalue weighted by Crippen LogP contribution is -2.82. The second-order valence-corrected chi connectivity index (χ2v) is 4.97. The van der Waals surface area contributed by atoms with Gasteiger partial charge in [0.15, 0.2) is 0 Å². The molecule has 0 unspecified atom stereocenters. The van der Waals surface area contributed by atoms with E-state index in [1.807, 2.05) is 0 Å². The largest absolute Gasteiger partial charge is 0.362 e. The summed E-state index contributed by atoms with van der Waals surface area (Å²) < 4.78 is 0. The van der Waals surface area contributed by atoms with Crippen molar-refractivity contribution in [3.8, 4) is 0 Å². The lowest BCUT2D eigenvalue weighted by molar-refractivity contribution is -0.638. The fraction of sp³-hybridized carbons (Fsp3) is 0.176. The van der Waals surface area contributed by atoms with E-state index >= 15 is 0 Å². The maximum absolute atomic E-state index is 2.38. The van der Waals surface area contributed by atoms with Crippen molar-refractivity contribution in [1.29, 1.82) is 0 Å². The Morgan fingerprint density at radius 1 is 0.947 bits per heavy atom. The molecule has 1 heterocycles. The average molecular weight is 251 g/mol. The molecular weight excluding hydrogens is 232 g/mol. The number of rotatable bonds is 3. The third kappa shape index (κ3) is 3.04. The maximum Gasteiger partial charge on any atom is 0.133 e. The van der Waals surface area contributed by atoms with E-state index < -0.39 is 0 Å². The zero-order valence-corrected chi connectivity index (χ0v) is 10.9. The van der Waals surface area contributed by atoms with Crippen LogP contribution in [0.4, 0.5) is 0 Å². The summed E-state index contributed by atoms with van der Waals surface area (Å²) in [4.78, 5) is 2.38. The van der Waals surface area contributed by atoms with E-state index in [1.54, 1.807) is 0 Å². The fourth-order valence-electron chi connectivity index (χ4n) is 2.53. The Bertz CT molecular complexity index is 534. The lowest BCUT2D eigenvalue weighted by Gasteiger charge is -2.27. The zero-order chi connectivity index (χ0) is 12.9. The van der Waals surface area contributed by atoms with Crippen molar-refractivity contribution in [2.75, 3.05) is 6.54 Å². The van der Waals surface area contributed by atoms with Gasteiger partial charge in [-0.3, -0.25) is 0 Å². The van der Waals surface area contributed by atoms with Crippen LogP contribution in [-0.4, -0.2) is 11.4 Å². The second kappa shape index (κ2) is 5.72. The minimum atomic E-state index is 0.495. The van der Waals surface area contributed by atoms with E-state index in [1.165, 1.54) is 11.1 Å². The van der Waals surface area contributed by atoms with E-state index in [0.29, 0.717) is 6.04 Å². The molecule has 1 aliphatic rings. The highest BCUT2D eigenvalue weighted by molar-refractivity contribution is 5.19. The summed E-state index contributed by atoms with van der Waals surface area (Å²) >= 11 is 0. The average Bonchev–Trinajstić information content (AvgIpc) is 2.49. The topological polar surface area (TPSA) is 19.9 Å². The van der Waals surface area contributed by atoms with Crippen molar-refractivity contribution in [3.63, 3.8) is 0 Å². The molecular formula is C17H19N2+. The van der Waals surface area contributed by atoms with Gasteiger partial charge in [0.05, 0.1) is 12.7 Å². The third-order valence-electron chi connectivity index (χ3n) is 3.53. The lowest BCUT2D eigenvalue weighted by atomic mass is 10.1. The molecule has 2 heteroatoms. The normalized spacial score (nSPS) is 18.5. The molecule has 19 heavy (non-hydrogen) atoms. The van der Waals surface area contributed by atoms with Crippen molar-refractivity contribution in [1.82, 2.24) is 4.90 Å². The summed E-state index contributed by atoms with van der Waals surface area (Å²) in [5.41, 5.74) is 2.76. The summed E-state index contributed by atoms with van der Waals surface area (Å²) in [6, 6.07) is 21.9. The predicted octanol–water partition coefficient (Wildman–Crippen LogP) is 2.28. The van der Waals surface area contributed by atoms with E-state index in [9.17, 15) is 0 Å². The quantitative estimate of drug-likeness (QED) is 0.887. The van der Waals surface area contributed by atoms with Crippen LogP contribution in [0.5, 0.6) is 0 Å². The molecule has 0 saturated heterocycles. The van der Waals surface area contributed by atoms with Gasteiger partial charge >= 0.3 is 0 Å². The molecule has 0 aliphatic carbocycles. The van der Waals surface area contributed by atoms with Crippen LogP contribution in [0.15, 0.2) is 73.1 Å². The summed E-state index contributed by atoms with van der Waals surface area (Å²) in [5.74, 6) is 0. The van der Waals surface area contributed by atoms with Crippen LogP contribution in [0.25, 0.3) is 0 Å². The molecule has 0 aromatic heterocycles. The molecule has 0 amide bonds. The van der Waals surface area contributed by atoms with Gasteiger partial charge in [-0.1, -0.05) is 60.7 Å². The Morgan fingerprint density at radius 3 is 2.37 bits per heavy atom. The summed E-state index contributed by atoms with van der Waals surface area (Å²) in [7, 11) is 0. The summed E-state index contributed by atoms with van der Waals surface area (Å²) in [6.07, 6.45) is 4.36. The molecule has 0 radical (unpaired) electrons. The van der Waals surface area contributed by atoms with E-state index in [0.717, 1.165) is 13.1 Å². The number of quaternary nitrogens is 1. The first kappa shape index (κ1) is 12.0. The van der Waals surface area contributed by atoms with Crippen LogP contribution in [-0.2, 0) is 6.54 Å². The van der Waals surface area contributed by atoms with Crippen molar-refractivity contribution >= 4 is 0 Å². The summed E-state index contributed by atoms with van der Waals surface area (Å²) in [5, 5.41) is 2.29.